The molecule has 16 heavy (non-hydrogen) atoms. The molecule has 0 unspecified atom stereocenters. The van der Waals surface area contributed by atoms with Crippen molar-refractivity contribution < 1.29 is 12.8 Å². The molecular formula is C10H15FN2O2S. The number of aryl methyl sites for hydroxylation is 1. The molecular weight excluding hydrogens is 231 g/mol. The van der Waals surface area contributed by atoms with Crippen molar-refractivity contribution in [2.75, 3.05) is 11.0 Å². The molecule has 0 aliphatic rings. The molecule has 0 bridgehead atoms. The lowest BCUT2D eigenvalue weighted by atomic mass is 10.0. The zero-order valence-electron chi connectivity index (χ0n) is 9.41. The maximum Gasteiger partial charge on any atom is 0.229 e. The molecule has 1 aromatic carbocycles. The van der Waals surface area contributed by atoms with Crippen molar-refractivity contribution in [1.82, 2.24) is 0 Å². The van der Waals surface area contributed by atoms with E-state index in [0.29, 0.717) is 11.1 Å². The number of benzene rings is 1. The number of hydrogen-bond acceptors (Lipinski definition) is 3. The topological polar surface area (TPSA) is 72.2 Å². The highest BCUT2D eigenvalue weighted by atomic mass is 32.2. The van der Waals surface area contributed by atoms with Crippen LogP contribution in [0.4, 0.5) is 10.1 Å². The highest BCUT2D eigenvalue weighted by Crippen LogP contribution is 2.24. The second kappa shape index (κ2) is 4.39. The third kappa shape index (κ3) is 3.18. The van der Waals surface area contributed by atoms with E-state index in [9.17, 15) is 12.8 Å². The van der Waals surface area contributed by atoms with Gasteiger partial charge in [-0.3, -0.25) is 4.72 Å². The number of halogens is 1. The molecule has 0 aliphatic heterocycles. The number of nitrogens with two attached hydrogens (primary N) is 1. The first-order chi connectivity index (χ1) is 7.20. The van der Waals surface area contributed by atoms with Gasteiger partial charge in [0.1, 0.15) is 5.82 Å². The first kappa shape index (κ1) is 12.9. The summed E-state index contributed by atoms with van der Waals surface area (Å²) in [4.78, 5) is 0. The molecule has 0 amide bonds. The highest BCUT2D eigenvalue weighted by Gasteiger charge is 2.13. The van der Waals surface area contributed by atoms with Crippen molar-refractivity contribution >= 4 is 15.7 Å². The van der Waals surface area contributed by atoms with E-state index in [4.69, 9.17) is 5.73 Å². The normalized spacial score (nSPS) is 13.6. The van der Waals surface area contributed by atoms with Crippen LogP contribution >= 0.6 is 0 Å². The predicted molar refractivity (Wildman–Crippen MR) is 62.2 cm³/mol. The molecule has 0 saturated carbocycles. The van der Waals surface area contributed by atoms with Gasteiger partial charge in [-0.25, -0.2) is 12.8 Å². The van der Waals surface area contributed by atoms with E-state index >= 15 is 0 Å². The summed E-state index contributed by atoms with van der Waals surface area (Å²) in [5, 5.41) is 0. The van der Waals surface area contributed by atoms with Crippen molar-refractivity contribution in [3.8, 4) is 0 Å². The number of hydrogen-bond donors (Lipinski definition) is 2. The Kier molecular flexibility index (Phi) is 3.54. The van der Waals surface area contributed by atoms with Crippen LogP contribution in [0.1, 0.15) is 24.1 Å². The van der Waals surface area contributed by atoms with Crippen LogP contribution in [-0.2, 0) is 10.0 Å². The molecule has 90 valence electrons. The Labute approximate surface area is 94.7 Å². The predicted octanol–water partition coefficient (Wildman–Crippen LogP) is 1.53. The Morgan fingerprint density at radius 1 is 1.44 bits per heavy atom. The first-order valence-corrected chi connectivity index (χ1v) is 6.63. The van der Waals surface area contributed by atoms with Gasteiger partial charge in [0.05, 0.1) is 11.9 Å². The van der Waals surface area contributed by atoms with Crippen LogP contribution in [0.3, 0.4) is 0 Å². The number of nitrogens with one attached hydrogen (secondary N) is 1. The maximum atomic E-state index is 13.6. The monoisotopic (exact) mass is 246 g/mol. The summed E-state index contributed by atoms with van der Waals surface area (Å²) in [6.45, 7) is 3.36. The quantitative estimate of drug-likeness (QED) is 0.849. The standard InChI is InChI=1S/C10H15FN2O2S/c1-6-4-8(7(2)12)5-9(11)10(6)13-16(3,14)15/h4-5,7,13H,12H2,1-3H3/t7-/m1/s1. The minimum absolute atomic E-state index is 0.0214. The zero-order valence-corrected chi connectivity index (χ0v) is 10.2. The van der Waals surface area contributed by atoms with Crippen LogP contribution in [0.25, 0.3) is 0 Å². The fraction of sp³-hybridized carbons (Fsp3) is 0.400. The van der Waals surface area contributed by atoms with Crippen LogP contribution in [0.2, 0.25) is 0 Å². The van der Waals surface area contributed by atoms with Crippen molar-refractivity contribution in [1.29, 1.82) is 0 Å². The van der Waals surface area contributed by atoms with Gasteiger partial charge >= 0.3 is 0 Å². The summed E-state index contributed by atoms with van der Waals surface area (Å²) in [7, 11) is -3.48. The molecule has 0 heterocycles. The highest BCUT2D eigenvalue weighted by molar-refractivity contribution is 7.92. The Bertz CT molecular complexity index is 475. The van der Waals surface area contributed by atoms with Crippen LogP contribution in [0.5, 0.6) is 0 Å². The van der Waals surface area contributed by atoms with Crippen LogP contribution in [0.15, 0.2) is 12.1 Å². The Balaban J connectivity index is 3.23. The summed E-state index contributed by atoms with van der Waals surface area (Å²) < 4.78 is 37.8. The SMILES string of the molecule is Cc1cc([C@@H](C)N)cc(F)c1NS(C)(=O)=O. The molecule has 6 heteroatoms. The van der Waals surface area contributed by atoms with Gasteiger partial charge in [0.2, 0.25) is 10.0 Å². The lowest BCUT2D eigenvalue weighted by molar-refractivity contribution is 0.603. The maximum absolute atomic E-state index is 13.6. The second-order valence-electron chi connectivity index (χ2n) is 3.86. The lowest BCUT2D eigenvalue weighted by Gasteiger charge is -2.13. The van der Waals surface area contributed by atoms with E-state index in [2.05, 4.69) is 4.72 Å². The summed E-state index contributed by atoms with van der Waals surface area (Å²) >= 11 is 0. The van der Waals surface area contributed by atoms with Crippen LogP contribution in [-0.4, -0.2) is 14.7 Å². The molecule has 0 aromatic heterocycles. The van der Waals surface area contributed by atoms with Crippen LogP contribution < -0.4 is 10.5 Å². The molecule has 0 spiro atoms. The summed E-state index contributed by atoms with van der Waals surface area (Å²) in [5.41, 5.74) is 6.75. The molecule has 0 saturated heterocycles. The van der Waals surface area contributed by atoms with Gasteiger partial charge in [0.25, 0.3) is 0 Å². The lowest BCUT2D eigenvalue weighted by Crippen LogP contribution is -2.13. The molecule has 0 radical (unpaired) electrons. The third-order valence-corrected chi connectivity index (χ3v) is 2.70. The average molecular weight is 246 g/mol. The minimum atomic E-state index is -3.48. The Hall–Kier alpha value is -1.14. The molecule has 3 N–H and O–H groups in total. The van der Waals surface area contributed by atoms with Gasteiger partial charge in [0, 0.05) is 6.04 Å². The van der Waals surface area contributed by atoms with Crippen LogP contribution in [0, 0.1) is 12.7 Å². The van der Waals surface area contributed by atoms with Crippen molar-refractivity contribution in [3.05, 3.63) is 29.1 Å². The van der Waals surface area contributed by atoms with Gasteiger partial charge in [0.15, 0.2) is 0 Å². The Morgan fingerprint density at radius 3 is 2.38 bits per heavy atom. The van der Waals surface area contributed by atoms with E-state index in [1.54, 1.807) is 19.9 Å². The molecule has 1 rings (SSSR count). The summed E-state index contributed by atoms with van der Waals surface area (Å²) in [6.07, 6.45) is 0.978. The molecule has 1 atom stereocenters. The largest absolute Gasteiger partial charge is 0.324 e. The number of anilines is 1. The minimum Gasteiger partial charge on any atom is -0.324 e. The average Bonchev–Trinajstić information content (AvgIpc) is 2.09. The van der Waals surface area contributed by atoms with Crippen molar-refractivity contribution in [3.63, 3.8) is 0 Å². The molecule has 0 aliphatic carbocycles. The third-order valence-electron chi connectivity index (χ3n) is 2.12. The zero-order chi connectivity index (χ0) is 12.5. The van der Waals surface area contributed by atoms with E-state index < -0.39 is 15.8 Å². The molecule has 1 aromatic rings. The smallest absolute Gasteiger partial charge is 0.229 e. The summed E-state index contributed by atoms with van der Waals surface area (Å²) in [6, 6.07) is 2.62. The van der Waals surface area contributed by atoms with Crippen molar-refractivity contribution in [2.24, 2.45) is 5.73 Å². The van der Waals surface area contributed by atoms with E-state index in [1.165, 1.54) is 6.07 Å². The second-order valence-corrected chi connectivity index (χ2v) is 5.61. The van der Waals surface area contributed by atoms with Gasteiger partial charge in [-0.1, -0.05) is 6.07 Å². The summed E-state index contributed by atoms with van der Waals surface area (Å²) in [5.74, 6) is -0.613. The van der Waals surface area contributed by atoms with Gasteiger partial charge in [-0.15, -0.1) is 0 Å². The van der Waals surface area contributed by atoms with E-state index in [-0.39, 0.29) is 11.7 Å². The Morgan fingerprint density at radius 2 is 2.00 bits per heavy atom. The van der Waals surface area contributed by atoms with E-state index in [1.807, 2.05) is 0 Å². The molecule has 4 nitrogen and oxygen atoms in total. The first-order valence-electron chi connectivity index (χ1n) is 4.74. The van der Waals surface area contributed by atoms with Gasteiger partial charge in [-0.05, 0) is 31.0 Å². The van der Waals surface area contributed by atoms with Gasteiger partial charge in [-0.2, -0.15) is 0 Å². The fourth-order valence-electron chi connectivity index (χ4n) is 1.35. The molecule has 0 fully saturated rings. The van der Waals surface area contributed by atoms with E-state index in [0.717, 1.165) is 6.26 Å². The van der Waals surface area contributed by atoms with Gasteiger partial charge < -0.3 is 5.73 Å². The number of rotatable bonds is 3. The fourth-order valence-corrected chi connectivity index (χ4v) is 1.98. The number of sulfonamides is 1. The van der Waals surface area contributed by atoms with Crippen molar-refractivity contribution in [2.45, 2.75) is 19.9 Å².